The van der Waals surface area contributed by atoms with Gasteiger partial charge in [-0.1, -0.05) is 12.1 Å². The number of fused-ring (bicyclic) bond motifs is 1. The predicted molar refractivity (Wildman–Crippen MR) is 77.2 cm³/mol. The number of aromatic nitrogens is 1. The van der Waals surface area contributed by atoms with Crippen molar-refractivity contribution >= 4 is 27.5 Å². The second-order valence-corrected chi connectivity index (χ2v) is 6.02. The third-order valence-electron chi connectivity index (χ3n) is 3.44. The summed E-state index contributed by atoms with van der Waals surface area (Å²) in [6.45, 7) is 2.93. The molecule has 1 saturated heterocycles. The molecule has 4 nitrogen and oxygen atoms in total. The molecule has 5 heteroatoms. The molecule has 2 aromatic rings. The average Bonchev–Trinajstić information content (AvgIpc) is 3.01. The van der Waals surface area contributed by atoms with Crippen molar-refractivity contribution in [1.82, 2.24) is 15.6 Å². The molecule has 1 aliphatic heterocycles. The number of thiazole rings is 1. The summed E-state index contributed by atoms with van der Waals surface area (Å²) in [6.07, 6.45) is 1.58. The summed E-state index contributed by atoms with van der Waals surface area (Å²) < 4.78 is 1.22. The van der Waals surface area contributed by atoms with Crippen molar-refractivity contribution in [3.63, 3.8) is 0 Å². The first-order chi connectivity index (χ1) is 9.22. The number of hydrogen-bond donors (Lipinski definition) is 2. The van der Waals surface area contributed by atoms with Gasteiger partial charge in [0.25, 0.3) is 0 Å². The first-order valence-corrected chi connectivity index (χ1v) is 7.42. The van der Waals surface area contributed by atoms with Crippen molar-refractivity contribution in [2.45, 2.75) is 31.8 Å². The number of hydrogen-bond acceptors (Lipinski definition) is 4. The van der Waals surface area contributed by atoms with Crippen LogP contribution in [0.15, 0.2) is 24.3 Å². The Bertz CT molecular complexity index is 562. The Morgan fingerprint density at radius 3 is 3.11 bits per heavy atom. The maximum Gasteiger partial charge on any atom is 0.220 e. The summed E-state index contributed by atoms with van der Waals surface area (Å²) in [5, 5.41) is 7.53. The van der Waals surface area contributed by atoms with Crippen LogP contribution in [0.4, 0.5) is 0 Å². The third-order valence-corrected chi connectivity index (χ3v) is 4.66. The van der Waals surface area contributed by atoms with E-state index in [9.17, 15) is 4.79 Å². The van der Waals surface area contributed by atoms with Crippen LogP contribution < -0.4 is 10.6 Å². The van der Waals surface area contributed by atoms with Crippen molar-refractivity contribution in [2.75, 3.05) is 6.54 Å². The van der Waals surface area contributed by atoms with E-state index < -0.39 is 0 Å². The van der Waals surface area contributed by atoms with E-state index in [1.165, 1.54) is 4.70 Å². The van der Waals surface area contributed by atoms with Gasteiger partial charge in [-0.05, 0) is 25.5 Å². The maximum atomic E-state index is 11.1. The smallest absolute Gasteiger partial charge is 0.220 e. The molecule has 3 rings (SSSR count). The van der Waals surface area contributed by atoms with Gasteiger partial charge >= 0.3 is 0 Å². The molecule has 1 fully saturated rings. The van der Waals surface area contributed by atoms with E-state index in [0.29, 0.717) is 6.42 Å². The van der Waals surface area contributed by atoms with Crippen LogP contribution in [-0.2, 0) is 4.79 Å². The highest BCUT2D eigenvalue weighted by Gasteiger charge is 2.21. The molecule has 0 aliphatic carbocycles. The zero-order valence-corrected chi connectivity index (χ0v) is 11.7. The van der Waals surface area contributed by atoms with Gasteiger partial charge in [0.05, 0.1) is 16.3 Å². The molecule has 2 heterocycles. The lowest BCUT2D eigenvalue weighted by Gasteiger charge is -2.15. The fraction of sp³-hybridized carbons (Fsp3) is 0.429. The summed E-state index contributed by atoms with van der Waals surface area (Å²) in [6, 6.07) is 8.67. The van der Waals surface area contributed by atoms with E-state index in [4.69, 9.17) is 0 Å². The Kier molecular flexibility index (Phi) is 3.48. The molecule has 19 heavy (non-hydrogen) atoms. The lowest BCUT2D eigenvalue weighted by atomic mass is 10.2. The van der Waals surface area contributed by atoms with E-state index in [1.807, 2.05) is 18.2 Å². The number of para-hydroxylation sites is 1. The van der Waals surface area contributed by atoms with Gasteiger partial charge in [-0.3, -0.25) is 4.79 Å². The lowest BCUT2D eigenvalue weighted by molar-refractivity contribution is -0.119. The Hall–Kier alpha value is -1.46. The Balaban J connectivity index is 1.63. The van der Waals surface area contributed by atoms with Gasteiger partial charge in [-0.2, -0.15) is 0 Å². The topological polar surface area (TPSA) is 54.0 Å². The van der Waals surface area contributed by atoms with Crippen LogP contribution in [0.25, 0.3) is 10.2 Å². The van der Waals surface area contributed by atoms with Crippen LogP contribution in [0, 0.1) is 0 Å². The summed E-state index contributed by atoms with van der Waals surface area (Å²) >= 11 is 1.73. The molecule has 0 saturated carbocycles. The van der Waals surface area contributed by atoms with Crippen molar-refractivity contribution in [3.05, 3.63) is 29.3 Å². The lowest BCUT2D eigenvalue weighted by Crippen LogP contribution is -2.36. The third kappa shape index (κ3) is 2.77. The van der Waals surface area contributed by atoms with Gasteiger partial charge in [-0.25, -0.2) is 4.98 Å². The van der Waals surface area contributed by atoms with Crippen molar-refractivity contribution in [3.8, 4) is 0 Å². The summed E-state index contributed by atoms with van der Waals surface area (Å²) in [7, 11) is 0. The minimum Gasteiger partial charge on any atom is -0.352 e. The summed E-state index contributed by atoms with van der Waals surface area (Å²) in [5.74, 6) is 0.166. The number of benzene rings is 1. The van der Waals surface area contributed by atoms with Crippen LogP contribution in [-0.4, -0.2) is 23.5 Å². The SMILES string of the molecule is CC(NCC1CCC(=O)N1)c1nc2ccccc2s1. The van der Waals surface area contributed by atoms with Gasteiger partial charge in [-0.15, -0.1) is 11.3 Å². The van der Waals surface area contributed by atoms with Gasteiger partial charge < -0.3 is 10.6 Å². The first-order valence-electron chi connectivity index (χ1n) is 6.60. The Morgan fingerprint density at radius 2 is 2.37 bits per heavy atom. The van der Waals surface area contributed by atoms with E-state index in [1.54, 1.807) is 11.3 Å². The highest BCUT2D eigenvalue weighted by molar-refractivity contribution is 7.18. The van der Waals surface area contributed by atoms with Crippen molar-refractivity contribution in [2.24, 2.45) is 0 Å². The standard InChI is InChI=1S/C14H17N3OS/c1-9(15-8-10-6-7-13(18)16-10)14-17-11-4-2-3-5-12(11)19-14/h2-5,9-10,15H,6-8H2,1H3,(H,16,18). The minimum atomic E-state index is 0.166. The number of carbonyl (C=O) groups is 1. The van der Waals surface area contributed by atoms with E-state index in [-0.39, 0.29) is 18.0 Å². The molecule has 100 valence electrons. The normalized spacial score (nSPS) is 20.7. The molecular formula is C14H17N3OS. The Labute approximate surface area is 116 Å². The first kappa shape index (κ1) is 12.6. The number of carbonyl (C=O) groups excluding carboxylic acids is 1. The number of amides is 1. The molecule has 2 unspecified atom stereocenters. The van der Waals surface area contributed by atoms with Crippen LogP contribution in [0.2, 0.25) is 0 Å². The highest BCUT2D eigenvalue weighted by Crippen LogP contribution is 2.26. The van der Waals surface area contributed by atoms with Crippen LogP contribution in [0.3, 0.4) is 0 Å². The molecule has 1 amide bonds. The fourth-order valence-electron chi connectivity index (χ4n) is 2.31. The van der Waals surface area contributed by atoms with Gasteiger partial charge in [0, 0.05) is 19.0 Å². The quantitative estimate of drug-likeness (QED) is 0.899. The van der Waals surface area contributed by atoms with E-state index in [2.05, 4.69) is 28.6 Å². The number of nitrogens with one attached hydrogen (secondary N) is 2. The predicted octanol–water partition coefficient (Wildman–Crippen LogP) is 2.23. The summed E-state index contributed by atoms with van der Waals surface area (Å²) in [5.41, 5.74) is 1.06. The van der Waals surface area contributed by atoms with Crippen LogP contribution >= 0.6 is 11.3 Å². The van der Waals surface area contributed by atoms with Gasteiger partial charge in [0.1, 0.15) is 5.01 Å². The molecule has 2 atom stereocenters. The minimum absolute atomic E-state index is 0.166. The molecule has 1 aromatic heterocycles. The summed E-state index contributed by atoms with van der Waals surface area (Å²) in [4.78, 5) is 15.8. The second-order valence-electron chi connectivity index (χ2n) is 4.95. The molecule has 1 aromatic carbocycles. The van der Waals surface area contributed by atoms with E-state index in [0.717, 1.165) is 23.5 Å². The zero-order valence-electron chi connectivity index (χ0n) is 10.8. The Morgan fingerprint density at radius 1 is 1.53 bits per heavy atom. The molecule has 1 aliphatic rings. The molecule has 2 N–H and O–H groups in total. The number of rotatable bonds is 4. The molecular weight excluding hydrogens is 258 g/mol. The average molecular weight is 275 g/mol. The fourth-order valence-corrected chi connectivity index (χ4v) is 3.31. The number of nitrogens with zero attached hydrogens (tertiary/aromatic N) is 1. The van der Waals surface area contributed by atoms with Gasteiger partial charge in [0.15, 0.2) is 0 Å². The van der Waals surface area contributed by atoms with E-state index >= 15 is 0 Å². The zero-order chi connectivity index (χ0) is 13.2. The molecule has 0 radical (unpaired) electrons. The monoisotopic (exact) mass is 275 g/mol. The van der Waals surface area contributed by atoms with Crippen LogP contribution in [0.5, 0.6) is 0 Å². The molecule has 0 spiro atoms. The van der Waals surface area contributed by atoms with Gasteiger partial charge in [0.2, 0.25) is 5.91 Å². The van der Waals surface area contributed by atoms with Crippen molar-refractivity contribution < 1.29 is 4.79 Å². The maximum absolute atomic E-state index is 11.1. The molecule has 0 bridgehead atoms. The second kappa shape index (κ2) is 5.27. The highest BCUT2D eigenvalue weighted by atomic mass is 32.1. The largest absolute Gasteiger partial charge is 0.352 e. The van der Waals surface area contributed by atoms with Crippen LogP contribution in [0.1, 0.15) is 30.8 Å². The van der Waals surface area contributed by atoms with Crippen molar-refractivity contribution in [1.29, 1.82) is 0 Å².